The maximum absolute atomic E-state index is 12.5. The number of nitriles is 2. The van der Waals surface area contributed by atoms with Crippen LogP contribution in [0.3, 0.4) is 0 Å². The van der Waals surface area contributed by atoms with Gasteiger partial charge in [-0.3, -0.25) is 4.79 Å². The van der Waals surface area contributed by atoms with Gasteiger partial charge < -0.3 is 19.4 Å². The second-order valence-corrected chi connectivity index (χ2v) is 12.4. The average Bonchev–Trinajstić information content (AvgIpc) is 3.54. The first-order valence-corrected chi connectivity index (χ1v) is 15.2. The zero-order valence-electron chi connectivity index (χ0n) is 24.7. The topological polar surface area (TPSA) is 109 Å². The minimum absolute atomic E-state index is 0.0736. The molecule has 2 saturated heterocycles. The van der Waals surface area contributed by atoms with E-state index in [1.54, 1.807) is 4.90 Å². The van der Waals surface area contributed by atoms with Crippen molar-refractivity contribution in [3.8, 4) is 18.1 Å². The van der Waals surface area contributed by atoms with Crippen LogP contribution in [0.1, 0.15) is 56.7 Å². The fourth-order valence-corrected chi connectivity index (χ4v) is 7.85. The molecule has 1 aromatic heterocycles. The average molecular weight is 566 g/mol. The van der Waals surface area contributed by atoms with E-state index in [9.17, 15) is 15.3 Å². The molecule has 1 unspecified atom stereocenters. The minimum atomic E-state index is -0.237. The Morgan fingerprint density at radius 3 is 2.81 bits per heavy atom. The van der Waals surface area contributed by atoms with Crippen LogP contribution in [0.5, 0.6) is 6.01 Å². The first kappa shape index (κ1) is 28.2. The molecule has 6 rings (SSSR count). The number of anilines is 1. The van der Waals surface area contributed by atoms with Crippen LogP contribution in [0.4, 0.5) is 5.82 Å². The summed E-state index contributed by atoms with van der Waals surface area (Å²) in [4.78, 5) is 28.9. The van der Waals surface area contributed by atoms with Crippen molar-refractivity contribution in [1.29, 1.82) is 10.5 Å². The van der Waals surface area contributed by atoms with Gasteiger partial charge in [-0.25, -0.2) is 0 Å². The van der Waals surface area contributed by atoms with Crippen LogP contribution in [0, 0.1) is 28.1 Å². The molecule has 1 amide bonds. The van der Waals surface area contributed by atoms with E-state index in [4.69, 9.17) is 14.7 Å². The molecule has 218 valence electrons. The van der Waals surface area contributed by atoms with Gasteiger partial charge in [0.2, 0.25) is 5.91 Å². The van der Waals surface area contributed by atoms with Gasteiger partial charge in [-0.15, -0.1) is 0 Å². The summed E-state index contributed by atoms with van der Waals surface area (Å²) in [6, 6.07) is 5.21. The van der Waals surface area contributed by atoms with E-state index < -0.39 is 0 Å². The first-order valence-electron chi connectivity index (χ1n) is 15.2. The third-order valence-electron chi connectivity index (χ3n) is 9.96. The van der Waals surface area contributed by atoms with Crippen LogP contribution in [-0.2, 0) is 17.6 Å². The Hall–Kier alpha value is -3.95. The maximum Gasteiger partial charge on any atom is 0.318 e. The molecule has 1 aromatic rings. The Kier molecular flexibility index (Phi) is 7.64. The Bertz CT molecular complexity index is 1480. The lowest BCUT2D eigenvalue weighted by Gasteiger charge is -2.43. The van der Waals surface area contributed by atoms with Gasteiger partial charge in [0.1, 0.15) is 12.4 Å². The molecule has 9 nitrogen and oxygen atoms in total. The number of hydrogen-bond acceptors (Lipinski definition) is 8. The van der Waals surface area contributed by atoms with Crippen molar-refractivity contribution in [1.82, 2.24) is 19.8 Å². The molecule has 0 aromatic carbocycles. The molecule has 9 heteroatoms. The monoisotopic (exact) mass is 565 g/mol. The van der Waals surface area contributed by atoms with Crippen LogP contribution >= 0.6 is 0 Å². The molecule has 3 atom stereocenters. The molecule has 0 saturated carbocycles. The summed E-state index contributed by atoms with van der Waals surface area (Å²) in [7, 11) is 2.14. The summed E-state index contributed by atoms with van der Waals surface area (Å²) in [6.07, 6.45) is 12.5. The van der Waals surface area contributed by atoms with E-state index in [0.29, 0.717) is 38.3 Å². The quantitative estimate of drug-likeness (QED) is 0.476. The minimum Gasteiger partial charge on any atom is -0.462 e. The van der Waals surface area contributed by atoms with Gasteiger partial charge >= 0.3 is 6.01 Å². The summed E-state index contributed by atoms with van der Waals surface area (Å²) < 4.78 is 6.32. The number of hydrogen-bond donors (Lipinski definition) is 0. The van der Waals surface area contributed by atoms with Gasteiger partial charge in [-0.1, -0.05) is 24.3 Å². The van der Waals surface area contributed by atoms with Gasteiger partial charge in [0.05, 0.1) is 35.9 Å². The van der Waals surface area contributed by atoms with E-state index in [1.807, 2.05) is 6.08 Å². The highest BCUT2D eigenvalue weighted by Crippen LogP contribution is 2.56. The number of likely N-dealkylation sites (tertiary alicyclic amines) is 1. The lowest BCUT2D eigenvalue weighted by Crippen LogP contribution is -2.55. The van der Waals surface area contributed by atoms with Gasteiger partial charge in [0.25, 0.3) is 0 Å². The molecule has 1 spiro atoms. The normalized spacial score (nSPS) is 27.1. The van der Waals surface area contributed by atoms with Crippen molar-refractivity contribution in [3.63, 3.8) is 0 Å². The Labute approximate surface area is 248 Å². The number of ether oxygens (including phenoxy) is 1. The fourth-order valence-electron chi connectivity index (χ4n) is 7.85. The molecular formula is C33H39N7O2. The highest BCUT2D eigenvalue weighted by atomic mass is 16.5. The van der Waals surface area contributed by atoms with Crippen molar-refractivity contribution in [2.45, 2.75) is 70.4 Å². The van der Waals surface area contributed by atoms with Crippen molar-refractivity contribution < 1.29 is 9.53 Å². The predicted molar refractivity (Wildman–Crippen MR) is 159 cm³/mol. The number of amides is 1. The van der Waals surface area contributed by atoms with Crippen LogP contribution in [0.15, 0.2) is 47.1 Å². The molecule has 3 heterocycles. The molecule has 5 aliphatic rings. The second kappa shape index (κ2) is 11.4. The smallest absolute Gasteiger partial charge is 0.318 e. The highest BCUT2D eigenvalue weighted by molar-refractivity contribution is 5.87. The van der Waals surface area contributed by atoms with E-state index in [-0.39, 0.29) is 23.8 Å². The standard InChI is InChI=1S/C33H39N7O2/c1-4-29(41)40-16-15-39(20-24(40)11-13-34)31-26-10-12-33(17-22(2)30-23(19-35)7-5-9-27(30)33)18-28(26)36-32(37-31)42-21-25-8-6-14-38(25)3/h4,7,9,24-25H,1,5-6,8,10-12,14-18,20-21H2,2-3H3/t24-,25-,33?/m0/s1. The largest absolute Gasteiger partial charge is 0.462 e. The molecule has 42 heavy (non-hydrogen) atoms. The van der Waals surface area contributed by atoms with Crippen molar-refractivity contribution in [2.24, 2.45) is 5.41 Å². The van der Waals surface area contributed by atoms with Crippen molar-refractivity contribution >= 4 is 11.7 Å². The Morgan fingerprint density at radius 1 is 1.21 bits per heavy atom. The summed E-state index contributed by atoms with van der Waals surface area (Å²) in [5.41, 5.74) is 6.63. The third kappa shape index (κ3) is 4.90. The SMILES string of the molecule is C=CC(=O)N1CCN(c2nc(OC[C@@H]3CCCN3C)nc3c2CCC2(CC(C)=C4C(C#N)=CCC=C42)C3)C[C@@H]1CC#N. The highest BCUT2D eigenvalue weighted by Gasteiger charge is 2.47. The summed E-state index contributed by atoms with van der Waals surface area (Å²) in [5.74, 6) is 0.731. The Morgan fingerprint density at radius 2 is 2.07 bits per heavy atom. The molecular weight excluding hydrogens is 526 g/mol. The number of piperazine rings is 1. The summed E-state index contributed by atoms with van der Waals surface area (Å²) in [5, 5.41) is 19.4. The van der Waals surface area contributed by atoms with Crippen molar-refractivity contribution in [2.75, 3.05) is 44.7 Å². The van der Waals surface area contributed by atoms with E-state index >= 15 is 0 Å². The number of rotatable bonds is 6. The van der Waals surface area contributed by atoms with Crippen LogP contribution < -0.4 is 9.64 Å². The lowest BCUT2D eigenvalue weighted by molar-refractivity contribution is -0.128. The molecule has 2 aliphatic heterocycles. The van der Waals surface area contributed by atoms with E-state index in [0.717, 1.165) is 73.3 Å². The van der Waals surface area contributed by atoms with Crippen LogP contribution in [0.2, 0.25) is 0 Å². The number of likely N-dealkylation sites (N-methyl/N-ethyl adjacent to an activating group) is 1. The fraction of sp³-hybridized carbons (Fsp3) is 0.545. The van der Waals surface area contributed by atoms with Gasteiger partial charge in [0.15, 0.2) is 0 Å². The number of nitrogens with zero attached hydrogens (tertiary/aromatic N) is 7. The van der Waals surface area contributed by atoms with E-state index in [2.05, 4.69) is 48.6 Å². The number of aromatic nitrogens is 2. The molecule has 0 N–H and O–H groups in total. The van der Waals surface area contributed by atoms with Crippen LogP contribution in [0.25, 0.3) is 0 Å². The maximum atomic E-state index is 12.5. The molecule has 0 bridgehead atoms. The predicted octanol–water partition coefficient (Wildman–Crippen LogP) is 4.04. The number of carbonyl (C=O) groups is 1. The number of carbonyl (C=O) groups excluding carboxylic acids is 1. The molecule has 3 aliphatic carbocycles. The summed E-state index contributed by atoms with van der Waals surface area (Å²) in [6.45, 7) is 9.09. The first-order chi connectivity index (χ1) is 20.4. The third-order valence-corrected chi connectivity index (χ3v) is 9.96. The molecule has 2 fully saturated rings. The van der Waals surface area contributed by atoms with E-state index in [1.165, 1.54) is 23.6 Å². The Balaban J connectivity index is 1.34. The van der Waals surface area contributed by atoms with Gasteiger partial charge in [-0.05, 0) is 76.3 Å². The zero-order chi connectivity index (χ0) is 29.4. The van der Waals surface area contributed by atoms with Gasteiger partial charge in [-0.2, -0.15) is 20.5 Å². The van der Waals surface area contributed by atoms with Crippen molar-refractivity contribution in [3.05, 3.63) is 58.4 Å². The lowest BCUT2D eigenvalue weighted by atomic mass is 9.67. The van der Waals surface area contributed by atoms with Gasteiger partial charge in [0, 0.05) is 43.1 Å². The zero-order valence-corrected chi connectivity index (χ0v) is 24.7. The second-order valence-electron chi connectivity index (χ2n) is 12.4. The molecule has 0 radical (unpaired) electrons. The number of allylic oxidation sites excluding steroid dienone is 6. The van der Waals surface area contributed by atoms with Crippen LogP contribution in [-0.4, -0.2) is 77.6 Å². The number of fused-ring (bicyclic) bond motifs is 3. The summed E-state index contributed by atoms with van der Waals surface area (Å²) >= 11 is 0.